The van der Waals surface area contributed by atoms with E-state index in [1.54, 1.807) is 0 Å². The highest BCUT2D eigenvalue weighted by Crippen LogP contribution is 2.37. The minimum atomic E-state index is -0.155. The zero-order valence-electron chi connectivity index (χ0n) is 7.90. The van der Waals surface area contributed by atoms with E-state index in [-0.39, 0.29) is 6.10 Å². The van der Waals surface area contributed by atoms with E-state index in [9.17, 15) is 5.11 Å². The summed E-state index contributed by atoms with van der Waals surface area (Å²) < 4.78 is 0. The lowest BCUT2D eigenvalue weighted by Crippen LogP contribution is -2.15. The van der Waals surface area contributed by atoms with Crippen molar-refractivity contribution >= 4 is 7.85 Å². The number of rotatable bonds is 2. The van der Waals surface area contributed by atoms with Gasteiger partial charge in [-0.1, -0.05) is 32.3 Å². The second kappa shape index (κ2) is 4.13. The molecule has 12 heavy (non-hydrogen) atoms. The summed E-state index contributed by atoms with van der Waals surface area (Å²) in [5.74, 6) is 1.54. The molecule has 1 N–H and O–H groups in total. The molecule has 1 aliphatic carbocycles. The second-order valence-corrected chi connectivity index (χ2v) is 3.88. The molecule has 1 fully saturated rings. The van der Waals surface area contributed by atoms with Gasteiger partial charge >= 0.3 is 0 Å². The quantitative estimate of drug-likeness (QED) is 0.487. The van der Waals surface area contributed by atoms with Crippen LogP contribution in [0.15, 0.2) is 12.2 Å². The van der Waals surface area contributed by atoms with Gasteiger partial charge in [0.2, 0.25) is 0 Å². The SMILES string of the molecule is [B]C/C=C\C1C(O)CC(C)C1C. The first-order chi connectivity index (χ1) is 5.66. The fraction of sp³-hybridized carbons (Fsp3) is 0.800. The minimum absolute atomic E-state index is 0.155. The first kappa shape index (κ1) is 9.85. The van der Waals surface area contributed by atoms with E-state index in [0.29, 0.717) is 24.1 Å². The van der Waals surface area contributed by atoms with Crippen molar-refractivity contribution in [1.29, 1.82) is 0 Å². The van der Waals surface area contributed by atoms with E-state index in [4.69, 9.17) is 7.85 Å². The summed E-state index contributed by atoms with van der Waals surface area (Å²) in [5.41, 5.74) is 0. The molecule has 0 aromatic carbocycles. The lowest BCUT2D eigenvalue weighted by atomic mass is 9.90. The largest absolute Gasteiger partial charge is 0.392 e. The van der Waals surface area contributed by atoms with Crippen molar-refractivity contribution in [3.8, 4) is 0 Å². The van der Waals surface area contributed by atoms with Crippen LogP contribution in [0, 0.1) is 17.8 Å². The average molecular weight is 164 g/mol. The molecule has 0 aromatic rings. The van der Waals surface area contributed by atoms with E-state index in [2.05, 4.69) is 19.9 Å². The average Bonchev–Trinajstić information content (AvgIpc) is 2.25. The molecule has 0 heterocycles. The Morgan fingerprint density at radius 3 is 2.58 bits per heavy atom. The Morgan fingerprint density at radius 2 is 2.17 bits per heavy atom. The Kier molecular flexibility index (Phi) is 3.39. The Bertz CT molecular complexity index is 167. The van der Waals surface area contributed by atoms with E-state index in [0.717, 1.165) is 6.42 Å². The standard InChI is InChI=1S/C10H17BO/c1-7-6-10(12)9(8(7)2)4-3-5-11/h3-4,7-10,12H,5-6H2,1-2H3/b4-3-. The Hall–Kier alpha value is -0.235. The summed E-state index contributed by atoms with van der Waals surface area (Å²) in [6.07, 6.45) is 5.37. The molecule has 1 rings (SSSR count). The van der Waals surface area contributed by atoms with Crippen molar-refractivity contribution in [2.75, 3.05) is 0 Å². The van der Waals surface area contributed by atoms with E-state index < -0.39 is 0 Å². The zero-order chi connectivity index (χ0) is 9.14. The van der Waals surface area contributed by atoms with Gasteiger partial charge in [-0.15, -0.1) is 0 Å². The molecule has 0 saturated heterocycles. The van der Waals surface area contributed by atoms with Gasteiger partial charge in [0.1, 0.15) is 0 Å². The van der Waals surface area contributed by atoms with E-state index >= 15 is 0 Å². The van der Waals surface area contributed by atoms with Gasteiger partial charge in [0.25, 0.3) is 0 Å². The molecule has 0 amide bonds. The van der Waals surface area contributed by atoms with Gasteiger partial charge in [0.15, 0.2) is 0 Å². The first-order valence-corrected chi connectivity index (χ1v) is 4.71. The molecule has 1 aliphatic rings. The smallest absolute Gasteiger partial charge is 0.0708 e. The van der Waals surface area contributed by atoms with Gasteiger partial charge < -0.3 is 5.11 Å². The van der Waals surface area contributed by atoms with Crippen LogP contribution < -0.4 is 0 Å². The van der Waals surface area contributed by atoms with Crippen LogP contribution in [-0.2, 0) is 0 Å². The highest BCUT2D eigenvalue weighted by Gasteiger charge is 2.35. The molecule has 4 atom stereocenters. The molecule has 66 valence electrons. The molecule has 0 bridgehead atoms. The van der Waals surface area contributed by atoms with Gasteiger partial charge in [0, 0.05) is 5.92 Å². The lowest BCUT2D eigenvalue weighted by Gasteiger charge is -2.15. The Labute approximate surface area is 76.3 Å². The van der Waals surface area contributed by atoms with Crippen molar-refractivity contribution in [3.05, 3.63) is 12.2 Å². The fourth-order valence-corrected chi connectivity index (χ4v) is 2.02. The molecule has 2 heteroatoms. The van der Waals surface area contributed by atoms with Crippen molar-refractivity contribution in [2.45, 2.75) is 32.7 Å². The molecule has 2 radical (unpaired) electrons. The third-order valence-electron chi connectivity index (χ3n) is 3.06. The number of hydrogen-bond donors (Lipinski definition) is 1. The van der Waals surface area contributed by atoms with Gasteiger partial charge in [-0.2, -0.15) is 0 Å². The highest BCUT2D eigenvalue weighted by molar-refractivity contribution is 6.09. The van der Waals surface area contributed by atoms with E-state index in [1.165, 1.54) is 0 Å². The maximum Gasteiger partial charge on any atom is 0.0708 e. The van der Waals surface area contributed by atoms with Crippen LogP contribution in [0.25, 0.3) is 0 Å². The van der Waals surface area contributed by atoms with Crippen molar-refractivity contribution in [3.63, 3.8) is 0 Å². The van der Waals surface area contributed by atoms with Gasteiger partial charge in [-0.25, -0.2) is 0 Å². The van der Waals surface area contributed by atoms with Crippen LogP contribution in [0.5, 0.6) is 0 Å². The maximum absolute atomic E-state index is 9.66. The number of aliphatic hydroxyl groups is 1. The van der Waals surface area contributed by atoms with Crippen molar-refractivity contribution in [1.82, 2.24) is 0 Å². The van der Waals surface area contributed by atoms with Crippen LogP contribution in [0.4, 0.5) is 0 Å². The van der Waals surface area contributed by atoms with Gasteiger partial charge in [-0.3, -0.25) is 0 Å². The fourth-order valence-electron chi connectivity index (χ4n) is 2.02. The normalized spacial score (nSPS) is 42.6. The predicted octanol–water partition coefficient (Wildman–Crippen LogP) is 1.78. The van der Waals surface area contributed by atoms with Crippen LogP contribution in [0.1, 0.15) is 20.3 Å². The molecule has 0 spiro atoms. The second-order valence-electron chi connectivity index (χ2n) is 3.88. The summed E-state index contributed by atoms with van der Waals surface area (Å²) in [4.78, 5) is 0. The van der Waals surface area contributed by atoms with Crippen LogP contribution in [0.2, 0.25) is 6.32 Å². The maximum atomic E-state index is 9.66. The number of hydrogen-bond acceptors (Lipinski definition) is 1. The minimum Gasteiger partial charge on any atom is -0.392 e. The third kappa shape index (κ3) is 1.92. The Balaban J connectivity index is 2.57. The molecule has 4 unspecified atom stereocenters. The topological polar surface area (TPSA) is 20.2 Å². The summed E-state index contributed by atoms with van der Waals surface area (Å²) in [6.45, 7) is 4.40. The van der Waals surface area contributed by atoms with Crippen molar-refractivity contribution < 1.29 is 5.11 Å². The predicted molar refractivity (Wildman–Crippen MR) is 52.1 cm³/mol. The van der Waals surface area contributed by atoms with E-state index in [1.807, 2.05) is 6.08 Å². The van der Waals surface area contributed by atoms with Gasteiger partial charge in [0.05, 0.1) is 14.0 Å². The van der Waals surface area contributed by atoms with Crippen LogP contribution in [-0.4, -0.2) is 19.1 Å². The summed E-state index contributed by atoms with van der Waals surface area (Å²) in [5, 5.41) is 9.66. The highest BCUT2D eigenvalue weighted by atomic mass is 16.3. The summed E-state index contributed by atoms with van der Waals surface area (Å²) >= 11 is 0. The lowest BCUT2D eigenvalue weighted by molar-refractivity contribution is 0.143. The number of allylic oxidation sites excluding steroid dienone is 1. The monoisotopic (exact) mass is 164 g/mol. The Morgan fingerprint density at radius 1 is 1.50 bits per heavy atom. The third-order valence-corrected chi connectivity index (χ3v) is 3.06. The number of aliphatic hydroxyl groups excluding tert-OH is 1. The first-order valence-electron chi connectivity index (χ1n) is 4.71. The van der Waals surface area contributed by atoms with Crippen LogP contribution in [0.3, 0.4) is 0 Å². The van der Waals surface area contributed by atoms with Crippen LogP contribution >= 0.6 is 0 Å². The summed E-state index contributed by atoms with van der Waals surface area (Å²) in [6, 6.07) is 0. The molecular formula is C10H17BO. The summed E-state index contributed by atoms with van der Waals surface area (Å²) in [7, 11) is 5.36. The molecule has 0 aromatic heterocycles. The van der Waals surface area contributed by atoms with Crippen molar-refractivity contribution in [2.24, 2.45) is 17.8 Å². The zero-order valence-corrected chi connectivity index (χ0v) is 7.90. The van der Waals surface area contributed by atoms with Gasteiger partial charge in [-0.05, 0) is 18.3 Å². The molecule has 1 saturated carbocycles. The molecular weight excluding hydrogens is 147 g/mol. The molecule has 0 aliphatic heterocycles. The molecule has 1 nitrogen and oxygen atoms in total.